The standard InChI is InChI=1S/C26H31N11O/c1-5-17-7-6-10-36(13-17)22-12-21(27-14-28-22)24-19-11-18(8-9-20(19)30-31-24)29-25(38)23-15(2)35(4)26-32-33-34-37(26)16(23)3/h8-9,11-12,14,16-17H,5-7,10,13H2,1-4H3,(H,29,38)(H,30,31)/t16-,17+/m1/s1. The van der Waals surface area contributed by atoms with E-state index in [1.807, 2.05) is 50.1 Å². The lowest BCUT2D eigenvalue weighted by Crippen LogP contribution is -2.35. The normalized spacial score (nSPS) is 19.7. The van der Waals surface area contributed by atoms with E-state index in [0.29, 0.717) is 23.1 Å². The third-order valence-electron chi connectivity index (χ3n) is 7.83. The minimum Gasteiger partial charge on any atom is -0.356 e. The van der Waals surface area contributed by atoms with Gasteiger partial charge in [-0.15, -0.1) is 0 Å². The summed E-state index contributed by atoms with van der Waals surface area (Å²) in [7, 11) is 1.85. The molecule has 2 N–H and O–H groups in total. The fourth-order valence-electron chi connectivity index (χ4n) is 5.51. The van der Waals surface area contributed by atoms with Gasteiger partial charge in [-0.3, -0.25) is 9.89 Å². The zero-order valence-electron chi connectivity index (χ0n) is 22.0. The summed E-state index contributed by atoms with van der Waals surface area (Å²) in [6.45, 7) is 8.08. The third-order valence-corrected chi connectivity index (χ3v) is 7.83. The van der Waals surface area contributed by atoms with Crippen molar-refractivity contribution < 1.29 is 4.79 Å². The van der Waals surface area contributed by atoms with Crippen molar-refractivity contribution in [2.24, 2.45) is 5.92 Å². The van der Waals surface area contributed by atoms with Crippen molar-refractivity contribution in [2.75, 3.05) is 35.3 Å². The minimum absolute atomic E-state index is 0.202. The van der Waals surface area contributed by atoms with Gasteiger partial charge in [0.2, 0.25) is 5.95 Å². The number of aromatic nitrogens is 8. The van der Waals surface area contributed by atoms with Crippen LogP contribution in [0.3, 0.4) is 0 Å². The maximum Gasteiger partial charge on any atom is 0.255 e. The number of aromatic amines is 1. The maximum atomic E-state index is 13.4. The fraction of sp³-hybridized carbons (Fsp3) is 0.423. The summed E-state index contributed by atoms with van der Waals surface area (Å²) < 4.78 is 1.65. The molecule has 5 heterocycles. The van der Waals surface area contributed by atoms with Crippen molar-refractivity contribution in [3.05, 3.63) is 41.9 Å². The monoisotopic (exact) mass is 513 g/mol. The molecule has 12 nitrogen and oxygen atoms in total. The maximum absolute atomic E-state index is 13.4. The molecule has 0 saturated carbocycles. The number of anilines is 3. The van der Waals surface area contributed by atoms with Crippen LogP contribution in [0.2, 0.25) is 0 Å². The quantitative estimate of drug-likeness (QED) is 0.411. The Kier molecular flexibility index (Phi) is 6.01. The van der Waals surface area contributed by atoms with E-state index in [1.54, 1.807) is 11.0 Å². The van der Waals surface area contributed by atoms with Crippen LogP contribution in [0.1, 0.15) is 46.1 Å². The molecular formula is C26H31N11O. The highest BCUT2D eigenvalue weighted by Gasteiger charge is 2.32. The number of fused-ring (bicyclic) bond motifs is 2. The topological polar surface area (TPSA) is 134 Å². The Balaban J connectivity index is 1.28. The summed E-state index contributed by atoms with van der Waals surface area (Å²) in [6, 6.07) is 7.41. The molecular weight excluding hydrogens is 482 g/mol. The molecule has 12 heteroatoms. The average molecular weight is 514 g/mol. The summed E-state index contributed by atoms with van der Waals surface area (Å²) >= 11 is 0. The van der Waals surface area contributed by atoms with Crippen molar-refractivity contribution in [2.45, 2.75) is 46.1 Å². The second kappa shape index (κ2) is 9.51. The first-order valence-corrected chi connectivity index (χ1v) is 13.0. The van der Waals surface area contributed by atoms with E-state index < -0.39 is 0 Å². The first kappa shape index (κ1) is 24.0. The number of H-pyrrole nitrogens is 1. The number of carbonyl (C=O) groups is 1. The number of hydrogen-bond acceptors (Lipinski definition) is 9. The van der Waals surface area contributed by atoms with Gasteiger partial charge >= 0.3 is 0 Å². The number of benzene rings is 1. The second-order valence-electron chi connectivity index (χ2n) is 10.1. The molecule has 196 valence electrons. The van der Waals surface area contributed by atoms with Crippen molar-refractivity contribution >= 4 is 34.3 Å². The molecule has 1 fully saturated rings. The molecule has 38 heavy (non-hydrogen) atoms. The predicted octanol–water partition coefficient (Wildman–Crippen LogP) is 3.56. The Morgan fingerprint density at radius 1 is 1.24 bits per heavy atom. The van der Waals surface area contributed by atoms with E-state index in [0.717, 1.165) is 46.9 Å². The number of hydrogen-bond donors (Lipinski definition) is 2. The van der Waals surface area contributed by atoms with E-state index in [9.17, 15) is 4.79 Å². The number of tetrazole rings is 1. The number of nitrogens with one attached hydrogen (secondary N) is 2. The number of amides is 1. The van der Waals surface area contributed by atoms with Gasteiger partial charge in [-0.05, 0) is 61.2 Å². The molecule has 1 amide bonds. The summed E-state index contributed by atoms with van der Waals surface area (Å²) in [5.41, 5.74) is 4.41. The van der Waals surface area contributed by atoms with E-state index in [2.05, 4.69) is 52.8 Å². The molecule has 0 bridgehead atoms. The summed E-state index contributed by atoms with van der Waals surface area (Å²) in [6.07, 6.45) is 5.22. The Hall–Kier alpha value is -4.35. The summed E-state index contributed by atoms with van der Waals surface area (Å²) in [5, 5.41) is 23.5. The number of allylic oxidation sites excluding steroid dienone is 1. The lowest BCUT2D eigenvalue weighted by atomic mass is 9.96. The van der Waals surface area contributed by atoms with Crippen LogP contribution in [-0.4, -0.2) is 66.4 Å². The van der Waals surface area contributed by atoms with Gasteiger partial charge in [0.25, 0.3) is 5.91 Å². The van der Waals surface area contributed by atoms with Gasteiger partial charge in [0, 0.05) is 43.0 Å². The van der Waals surface area contributed by atoms with Gasteiger partial charge in [0.05, 0.1) is 22.8 Å². The number of piperidine rings is 1. The number of nitrogens with zero attached hydrogens (tertiary/aromatic N) is 9. The van der Waals surface area contributed by atoms with Crippen LogP contribution in [0.15, 0.2) is 41.9 Å². The highest BCUT2D eigenvalue weighted by atomic mass is 16.1. The molecule has 1 saturated heterocycles. The van der Waals surface area contributed by atoms with Crippen LogP contribution in [0.25, 0.3) is 22.3 Å². The van der Waals surface area contributed by atoms with Gasteiger partial charge in [-0.25, -0.2) is 14.6 Å². The molecule has 1 aromatic carbocycles. The predicted molar refractivity (Wildman–Crippen MR) is 145 cm³/mol. The van der Waals surface area contributed by atoms with E-state index >= 15 is 0 Å². The van der Waals surface area contributed by atoms with Crippen molar-refractivity contribution in [3.63, 3.8) is 0 Å². The van der Waals surface area contributed by atoms with Crippen LogP contribution in [-0.2, 0) is 4.79 Å². The van der Waals surface area contributed by atoms with Crippen molar-refractivity contribution in [1.29, 1.82) is 0 Å². The van der Waals surface area contributed by atoms with E-state index in [1.165, 1.54) is 19.3 Å². The number of rotatable bonds is 5. The molecule has 2 aliphatic rings. The van der Waals surface area contributed by atoms with Crippen LogP contribution < -0.4 is 15.1 Å². The SMILES string of the molecule is CC[C@H]1CCCN(c2cc(-c3n[nH]c4ccc(NC(=O)C5=C(C)N(C)c6nnnn6[C@@H]5C)cc34)ncn2)C1. The molecule has 4 aromatic rings. The first-order valence-electron chi connectivity index (χ1n) is 13.0. The lowest BCUT2D eigenvalue weighted by Gasteiger charge is -2.33. The van der Waals surface area contributed by atoms with Gasteiger partial charge < -0.3 is 15.1 Å². The Morgan fingerprint density at radius 2 is 2.11 bits per heavy atom. The Bertz CT molecular complexity index is 1540. The van der Waals surface area contributed by atoms with Crippen LogP contribution in [0.5, 0.6) is 0 Å². The molecule has 0 radical (unpaired) electrons. The van der Waals surface area contributed by atoms with Crippen LogP contribution >= 0.6 is 0 Å². The molecule has 6 rings (SSSR count). The summed E-state index contributed by atoms with van der Waals surface area (Å²) in [5.74, 6) is 2.02. The fourth-order valence-corrected chi connectivity index (χ4v) is 5.51. The van der Waals surface area contributed by atoms with Gasteiger partial charge in [0.1, 0.15) is 17.8 Å². The van der Waals surface area contributed by atoms with E-state index in [4.69, 9.17) is 0 Å². The highest BCUT2D eigenvalue weighted by Crippen LogP contribution is 2.34. The highest BCUT2D eigenvalue weighted by molar-refractivity contribution is 6.07. The number of carbonyl (C=O) groups excluding carboxylic acids is 1. The van der Waals surface area contributed by atoms with E-state index in [-0.39, 0.29) is 11.9 Å². The average Bonchev–Trinajstić information content (AvgIpc) is 3.60. The Morgan fingerprint density at radius 3 is 2.95 bits per heavy atom. The molecule has 2 atom stereocenters. The van der Waals surface area contributed by atoms with Gasteiger partial charge in [-0.2, -0.15) is 5.10 Å². The zero-order chi connectivity index (χ0) is 26.4. The molecule has 0 spiro atoms. The second-order valence-corrected chi connectivity index (χ2v) is 10.1. The summed E-state index contributed by atoms with van der Waals surface area (Å²) in [4.78, 5) is 26.7. The smallest absolute Gasteiger partial charge is 0.255 e. The van der Waals surface area contributed by atoms with Crippen molar-refractivity contribution in [1.82, 2.24) is 40.4 Å². The van der Waals surface area contributed by atoms with Gasteiger partial charge in [-0.1, -0.05) is 18.4 Å². The molecule has 3 aromatic heterocycles. The Labute approximate surface area is 220 Å². The first-order chi connectivity index (χ1) is 18.4. The van der Waals surface area contributed by atoms with Crippen LogP contribution in [0.4, 0.5) is 17.5 Å². The van der Waals surface area contributed by atoms with Crippen LogP contribution in [0, 0.1) is 5.92 Å². The van der Waals surface area contributed by atoms with Gasteiger partial charge in [0.15, 0.2) is 0 Å². The largest absolute Gasteiger partial charge is 0.356 e. The molecule has 2 aliphatic heterocycles. The molecule has 0 unspecified atom stereocenters. The van der Waals surface area contributed by atoms with Crippen molar-refractivity contribution in [3.8, 4) is 11.4 Å². The minimum atomic E-state index is -0.300. The third kappa shape index (κ3) is 4.05. The molecule has 0 aliphatic carbocycles. The lowest BCUT2D eigenvalue weighted by molar-refractivity contribution is -0.113. The zero-order valence-corrected chi connectivity index (χ0v) is 22.0.